The molecule has 2 aromatic heterocycles. The van der Waals surface area contributed by atoms with Gasteiger partial charge in [0, 0.05) is 29.6 Å². The largest absolute Gasteiger partial charge is 0.481 e. The van der Waals surface area contributed by atoms with Gasteiger partial charge in [-0.05, 0) is 48.4 Å². The molecule has 182 valence electrons. The number of pyridine rings is 1. The lowest BCUT2D eigenvalue weighted by atomic mass is 9.88. The van der Waals surface area contributed by atoms with Crippen molar-refractivity contribution in [2.45, 2.75) is 25.9 Å². The van der Waals surface area contributed by atoms with Crippen LogP contribution >= 0.6 is 11.6 Å². The summed E-state index contributed by atoms with van der Waals surface area (Å²) in [6, 6.07) is 16.7. The average Bonchev–Trinajstić information content (AvgIpc) is 2.85. The van der Waals surface area contributed by atoms with Crippen molar-refractivity contribution < 1.29 is 13.9 Å². The standard InChI is InChI=1S/C27H23ClFN5O2/c1-15-25-22(33-27(30)31-15)13-23(34(26(25)35)14-16-5-3-6-17(28)11-16)19-10-9-18(29)12-20(19)21-7-4-8-24(32-21)36-2/h3-12,23H,13-14H2,1-2H3,(H2,30,31,33). The number of halogens is 2. The quantitative estimate of drug-likeness (QED) is 0.404. The number of aromatic nitrogens is 3. The Morgan fingerprint density at radius 3 is 2.69 bits per heavy atom. The molecular formula is C27H23ClFN5O2. The van der Waals surface area contributed by atoms with Gasteiger partial charge in [0.25, 0.3) is 5.91 Å². The van der Waals surface area contributed by atoms with Gasteiger partial charge >= 0.3 is 0 Å². The molecule has 36 heavy (non-hydrogen) atoms. The van der Waals surface area contributed by atoms with E-state index in [1.165, 1.54) is 19.2 Å². The van der Waals surface area contributed by atoms with Crippen molar-refractivity contribution >= 4 is 23.5 Å². The first-order valence-corrected chi connectivity index (χ1v) is 11.7. The number of carbonyl (C=O) groups is 1. The highest BCUT2D eigenvalue weighted by molar-refractivity contribution is 6.30. The van der Waals surface area contributed by atoms with Gasteiger partial charge in [0.2, 0.25) is 11.8 Å². The Morgan fingerprint density at radius 1 is 1.11 bits per heavy atom. The van der Waals surface area contributed by atoms with E-state index in [2.05, 4.69) is 15.0 Å². The molecule has 0 saturated carbocycles. The Hall–Kier alpha value is -4.04. The first-order chi connectivity index (χ1) is 17.3. The fourth-order valence-corrected chi connectivity index (χ4v) is 4.88. The molecule has 0 radical (unpaired) electrons. The number of benzene rings is 2. The van der Waals surface area contributed by atoms with E-state index in [9.17, 15) is 9.18 Å². The van der Waals surface area contributed by atoms with Crippen molar-refractivity contribution in [1.82, 2.24) is 19.9 Å². The number of nitrogen functional groups attached to an aromatic ring is 1. The Morgan fingerprint density at radius 2 is 1.92 bits per heavy atom. The molecule has 0 saturated heterocycles. The normalized spacial score (nSPS) is 15.1. The topological polar surface area (TPSA) is 94.2 Å². The molecule has 1 atom stereocenters. The van der Waals surface area contributed by atoms with Crippen LogP contribution in [0.2, 0.25) is 5.02 Å². The van der Waals surface area contributed by atoms with Gasteiger partial charge in [-0.25, -0.2) is 19.3 Å². The van der Waals surface area contributed by atoms with E-state index >= 15 is 0 Å². The number of nitrogens with zero attached hydrogens (tertiary/aromatic N) is 4. The summed E-state index contributed by atoms with van der Waals surface area (Å²) in [5.74, 6) is -0.133. The third-order valence-corrected chi connectivity index (χ3v) is 6.48. The van der Waals surface area contributed by atoms with Gasteiger partial charge in [-0.3, -0.25) is 4.79 Å². The van der Waals surface area contributed by atoms with Crippen LogP contribution < -0.4 is 10.5 Å². The van der Waals surface area contributed by atoms with Crippen molar-refractivity contribution in [3.8, 4) is 17.1 Å². The lowest BCUT2D eigenvalue weighted by Gasteiger charge is -2.38. The third-order valence-electron chi connectivity index (χ3n) is 6.24. The zero-order valence-corrected chi connectivity index (χ0v) is 20.5. The van der Waals surface area contributed by atoms with Gasteiger partial charge in [0.15, 0.2) is 0 Å². The number of methoxy groups -OCH3 is 1. The van der Waals surface area contributed by atoms with E-state index in [4.69, 9.17) is 22.1 Å². The first kappa shape index (κ1) is 23.7. The molecule has 4 aromatic rings. The molecule has 1 amide bonds. The van der Waals surface area contributed by atoms with Gasteiger partial charge in [0.1, 0.15) is 5.82 Å². The summed E-state index contributed by atoms with van der Waals surface area (Å²) in [5, 5.41) is 0.573. The zero-order valence-electron chi connectivity index (χ0n) is 19.7. The summed E-state index contributed by atoms with van der Waals surface area (Å²) in [6.07, 6.45) is 0.373. The van der Waals surface area contributed by atoms with E-state index in [0.29, 0.717) is 45.5 Å². The van der Waals surface area contributed by atoms with Crippen LogP contribution in [-0.4, -0.2) is 32.9 Å². The monoisotopic (exact) mass is 503 g/mol. The van der Waals surface area contributed by atoms with Gasteiger partial charge in [-0.2, -0.15) is 0 Å². The number of amides is 1. The second-order valence-corrected chi connectivity index (χ2v) is 9.01. The summed E-state index contributed by atoms with van der Waals surface area (Å²) in [7, 11) is 1.52. The van der Waals surface area contributed by atoms with Gasteiger partial charge in [0.05, 0.1) is 35.8 Å². The van der Waals surface area contributed by atoms with Crippen LogP contribution in [0, 0.1) is 12.7 Å². The SMILES string of the molecule is COc1cccc(-c2cc(F)ccc2C2Cc3nc(N)nc(C)c3C(=O)N2Cc2cccc(Cl)c2)n1. The van der Waals surface area contributed by atoms with Crippen LogP contribution in [0.25, 0.3) is 11.3 Å². The lowest BCUT2D eigenvalue weighted by Crippen LogP contribution is -2.41. The van der Waals surface area contributed by atoms with Gasteiger partial charge in [-0.15, -0.1) is 0 Å². The molecule has 0 fully saturated rings. The summed E-state index contributed by atoms with van der Waals surface area (Å²) < 4.78 is 19.8. The smallest absolute Gasteiger partial charge is 0.258 e. The van der Waals surface area contributed by atoms with Crippen molar-refractivity contribution in [3.05, 3.63) is 99.6 Å². The summed E-state index contributed by atoms with van der Waals surface area (Å²) in [5.41, 5.74) is 10.1. The number of carbonyl (C=O) groups excluding carboxylic acids is 1. The van der Waals surface area contributed by atoms with E-state index in [-0.39, 0.29) is 18.4 Å². The maximum Gasteiger partial charge on any atom is 0.258 e. The molecule has 0 bridgehead atoms. The Labute approximate surface area is 212 Å². The van der Waals surface area contributed by atoms with Crippen molar-refractivity contribution in [1.29, 1.82) is 0 Å². The lowest BCUT2D eigenvalue weighted by molar-refractivity contribution is 0.0625. The number of ether oxygens (including phenoxy) is 1. The Bertz CT molecular complexity index is 1480. The number of hydrogen-bond acceptors (Lipinski definition) is 6. The molecule has 7 nitrogen and oxygen atoms in total. The minimum atomic E-state index is -0.471. The number of anilines is 1. The predicted molar refractivity (Wildman–Crippen MR) is 135 cm³/mol. The van der Waals surface area contributed by atoms with Crippen LogP contribution in [0.5, 0.6) is 5.88 Å². The molecule has 9 heteroatoms. The maximum absolute atomic E-state index is 14.5. The van der Waals surface area contributed by atoms with Crippen LogP contribution in [0.1, 0.15) is 38.9 Å². The van der Waals surface area contributed by atoms with Crippen LogP contribution in [0.3, 0.4) is 0 Å². The highest BCUT2D eigenvalue weighted by Crippen LogP contribution is 2.39. The Balaban J connectivity index is 1.68. The number of hydrogen-bond donors (Lipinski definition) is 1. The summed E-state index contributed by atoms with van der Waals surface area (Å²) in [6.45, 7) is 2.03. The molecule has 1 aliphatic rings. The summed E-state index contributed by atoms with van der Waals surface area (Å²) in [4.78, 5) is 28.8. The molecule has 1 aliphatic heterocycles. The highest BCUT2D eigenvalue weighted by atomic mass is 35.5. The Kier molecular flexibility index (Phi) is 6.28. The second-order valence-electron chi connectivity index (χ2n) is 8.57. The molecule has 0 spiro atoms. The van der Waals surface area contributed by atoms with E-state index < -0.39 is 11.9 Å². The first-order valence-electron chi connectivity index (χ1n) is 11.3. The molecule has 1 unspecified atom stereocenters. The van der Waals surface area contributed by atoms with Gasteiger partial charge < -0.3 is 15.4 Å². The maximum atomic E-state index is 14.5. The molecule has 0 aliphatic carbocycles. The predicted octanol–water partition coefficient (Wildman–Crippen LogP) is 5.17. The number of nitrogens with two attached hydrogens (primary N) is 1. The number of rotatable bonds is 5. The van der Waals surface area contributed by atoms with E-state index in [0.717, 1.165) is 11.1 Å². The number of aryl methyl sites for hydroxylation is 1. The zero-order chi connectivity index (χ0) is 25.4. The van der Waals surface area contributed by atoms with E-state index in [1.807, 2.05) is 18.2 Å². The number of fused-ring (bicyclic) bond motifs is 1. The van der Waals surface area contributed by atoms with Crippen molar-refractivity contribution in [3.63, 3.8) is 0 Å². The fraction of sp³-hybridized carbons (Fsp3) is 0.185. The molecular weight excluding hydrogens is 481 g/mol. The van der Waals surface area contributed by atoms with Crippen LogP contribution in [0.4, 0.5) is 10.3 Å². The van der Waals surface area contributed by atoms with Crippen LogP contribution in [0.15, 0.2) is 60.7 Å². The van der Waals surface area contributed by atoms with Crippen molar-refractivity contribution in [2.24, 2.45) is 0 Å². The molecule has 3 heterocycles. The minimum Gasteiger partial charge on any atom is -0.481 e. The third kappa shape index (κ3) is 4.47. The average molecular weight is 504 g/mol. The van der Waals surface area contributed by atoms with Crippen molar-refractivity contribution in [2.75, 3.05) is 12.8 Å². The summed E-state index contributed by atoms with van der Waals surface area (Å²) >= 11 is 6.23. The minimum absolute atomic E-state index is 0.106. The van der Waals surface area contributed by atoms with Crippen LogP contribution in [-0.2, 0) is 13.0 Å². The highest BCUT2D eigenvalue weighted by Gasteiger charge is 2.37. The molecule has 2 N–H and O–H groups in total. The molecule has 2 aromatic carbocycles. The molecule has 5 rings (SSSR count). The van der Waals surface area contributed by atoms with E-state index in [1.54, 1.807) is 42.2 Å². The fourth-order valence-electron chi connectivity index (χ4n) is 4.67. The van der Waals surface area contributed by atoms with Gasteiger partial charge in [-0.1, -0.05) is 35.9 Å². The second kappa shape index (κ2) is 9.54.